The van der Waals surface area contributed by atoms with Gasteiger partial charge in [-0.25, -0.2) is 15.0 Å². The van der Waals surface area contributed by atoms with Gasteiger partial charge in [0.25, 0.3) is 0 Å². The highest BCUT2D eigenvalue weighted by molar-refractivity contribution is 5.94. The summed E-state index contributed by atoms with van der Waals surface area (Å²) in [4.78, 5) is 19.0. The minimum absolute atomic E-state index is 0.227. The van der Waals surface area contributed by atoms with Gasteiger partial charge in [0, 0.05) is 54.6 Å². The van der Waals surface area contributed by atoms with Gasteiger partial charge in [0.1, 0.15) is 11.6 Å². The van der Waals surface area contributed by atoms with Crippen molar-refractivity contribution in [3.05, 3.63) is 48.0 Å². The van der Waals surface area contributed by atoms with E-state index in [2.05, 4.69) is 71.1 Å². The lowest BCUT2D eigenvalue weighted by Gasteiger charge is -2.12. The molecule has 2 aliphatic rings. The van der Waals surface area contributed by atoms with E-state index in [0.29, 0.717) is 17.8 Å². The molecule has 2 saturated carbocycles. The van der Waals surface area contributed by atoms with Crippen LogP contribution in [0.1, 0.15) is 68.8 Å². The van der Waals surface area contributed by atoms with Gasteiger partial charge < -0.3 is 14.3 Å². The highest BCUT2D eigenvalue weighted by atomic mass is 16.5. The van der Waals surface area contributed by atoms with E-state index in [-0.39, 0.29) is 5.92 Å². The van der Waals surface area contributed by atoms with Crippen molar-refractivity contribution in [2.75, 3.05) is 7.11 Å². The van der Waals surface area contributed by atoms with Crippen LogP contribution in [0.25, 0.3) is 56.1 Å². The van der Waals surface area contributed by atoms with Gasteiger partial charge in [-0.2, -0.15) is 5.10 Å². The number of nitrogens with zero attached hydrogens (tertiary/aromatic N) is 8. The maximum absolute atomic E-state index is 5.64. The van der Waals surface area contributed by atoms with Gasteiger partial charge in [0.15, 0.2) is 5.65 Å². The average Bonchev–Trinajstić information content (AvgIpc) is 3.82. The fourth-order valence-electron chi connectivity index (χ4n) is 6.05. The number of pyridine rings is 1. The monoisotopic (exact) mass is 547 g/mol. The topological polar surface area (TPSA) is 104 Å². The Kier molecular flexibility index (Phi) is 5.20. The van der Waals surface area contributed by atoms with Crippen molar-refractivity contribution >= 4 is 22.1 Å². The molecule has 0 aliphatic heterocycles. The fourth-order valence-corrected chi connectivity index (χ4v) is 6.05. The summed E-state index contributed by atoms with van der Waals surface area (Å²) in [7, 11) is 5.74. The fraction of sp³-hybridized carbons (Fsp3) is 0.387. The molecule has 8 rings (SSSR count). The largest absolute Gasteiger partial charge is 0.479 e. The number of aromatic nitrogens is 9. The average molecular weight is 548 g/mol. The van der Waals surface area contributed by atoms with Gasteiger partial charge in [-0.15, -0.1) is 5.10 Å². The Hall–Kier alpha value is -4.47. The first kappa shape index (κ1) is 24.3. The Morgan fingerprint density at radius 2 is 1.78 bits per heavy atom. The molecule has 2 fully saturated rings. The molecule has 0 saturated heterocycles. The van der Waals surface area contributed by atoms with E-state index in [0.717, 1.165) is 74.6 Å². The lowest BCUT2D eigenvalue weighted by Crippen LogP contribution is -2.03. The molecule has 6 aromatic rings. The van der Waals surface area contributed by atoms with E-state index in [9.17, 15) is 0 Å². The third kappa shape index (κ3) is 3.88. The summed E-state index contributed by atoms with van der Waals surface area (Å²) in [5.74, 6) is 3.00. The number of hydrogen-bond donors (Lipinski definition) is 1. The zero-order chi connectivity index (χ0) is 28.0. The molecule has 10 nitrogen and oxygen atoms in total. The number of imidazole rings is 2. The standard InChI is InChI=1S/C31H33N9O/c1-16(2)24-21(13-18-14-38(3)36-28(18)33-24)30-35-26(27(39(30)4)17-9-10-17)20-7-6-8-23-25(20)34-29(32-23)22-15-40(19-11-12-19)37-31(22)41-5/h6-8,13-17,19H,9-12H2,1-5H3,(H,32,34). The molecule has 5 aromatic heterocycles. The van der Waals surface area contributed by atoms with Crippen LogP contribution in [0.3, 0.4) is 0 Å². The van der Waals surface area contributed by atoms with Gasteiger partial charge in [-0.1, -0.05) is 26.0 Å². The number of ether oxygens (including phenoxy) is 1. The molecule has 208 valence electrons. The van der Waals surface area contributed by atoms with Crippen molar-refractivity contribution in [3.8, 4) is 39.9 Å². The van der Waals surface area contributed by atoms with Crippen LogP contribution >= 0.6 is 0 Å². The number of fused-ring (bicyclic) bond motifs is 2. The van der Waals surface area contributed by atoms with Crippen LogP contribution in [-0.2, 0) is 14.1 Å². The summed E-state index contributed by atoms with van der Waals surface area (Å²) >= 11 is 0. The normalized spacial score (nSPS) is 15.6. The van der Waals surface area contributed by atoms with Crippen LogP contribution in [0.4, 0.5) is 0 Å². The molecule has 0 unspecified atom stereocenters. The van der Waals surface area contributed by atoms with Crippen molar-refractivity contribution in [1.29, 1.82) is 0 Å². The van der Waals surface area contributed by atoms with Crippen molar-refractivity contribution in [1.82, 2.24) is 44.1 Å². The quantitative estimate of drug-likeness (QED) is 0.258. The van der Waals surface area contributed by atoms with Crippen LogP contribution in [-0.4, -0.2) is 51.2 Å². The highest BCUT2D eigenvalue weighted by Crippen LogP contribution is 2.47. The number of methoxy groups -OCH3 is 1. The molecular weight excluding hydrogens is 514 g/mol. The third-order valence-corrected chi connectivity index (χ3v) is 8.37. The number of benzene rings is 1. The molecule has 0 amide bonds. The molecule has 0 atom stereocenters. The SMILES string of the molecule is COc1nn(C2CC2)cc1-c1nc2c(-c3nc(-c4cc5cn(C)nc5nc4C(C)C)n(C)c3C3CC3)cccc2[nH]1. The number of H-pyrrole nitrogens is 1. The molecule has 0 radical (unpaired) electrons. The van der Waals surface area contributed by atoms with E-state index >= 15 is 0 Å². The second-order valence-corrected chi connectivity index (χ2v) is 11.8. The van der Waals surface area contributed by atoms with Crippen LogP contribution < -0.4 is 4.74 Å². The molecule has 0 bridgehead atoms. The Balaban J connectivity index is 1.31. The van der Waals surface area contributed by atoms with Crippen molar-refractivity contribution in [3.63, 3.8) is 0 Å². The minimum Gasteiger partial charge on any atom is -0.479 e. The molecule has 2 aliphatic carbocycles. The Morgan fingerprint density at radius 1 is 0.951 bits per heavy atom. The number of nitrogens with one attached hydrogen (secondary N) is 1. The number of rotatable bonds is 7. The summed E-state index contributed by atoms with van der Waals surface area (Å²) in [5.41, 5.74) is 8.88. The minimum atomic E-state index is 0.227. The van der Waals surface area contributed by atoms with Crippen molar-refractivity contribution in [2.45, 2.75) is 57.4 Å². The van der Waals surface area contributed by atoms with Crippen molar-refractivity contribution < 1.29 is 4.74 Å². The molecule has 10 heteroatoms. The molecular formula is C31H33N9O. The van der Waals surface area contributed by atoms with Crippen molar-refractivity contribution in [2.24, 2.45) is 14.1 Å². The summed E-state index contributed by atoms with van der Waals surface area (Å²) < 4.78 is 11.8. The van der Waals surface area contributed by atoms with Gasteiger partial charge in [-0.3, -0.25) is 9.36 Å². The molecule has 41 heavy (non-hydrogen) atoms. The van der Waals surface area contributed by atoms with Crippen LogP contribution in [0.2, 0.25) is 0 Å². The maximum Gasteiger partial charge on any atom is 0.243 e. The van der Waals surface area contributed by atoms with Crippen LogP contribution in [0.15, 0.2) is 36.7 Å². The third-order valence-electron chi connectivity index (χ3n) is 8.37. The zero-order valence-electron chi connectivity index (χ0n) is 24.0. The zero-order valence-corrected chi connectivity index (χ0v) is 24.0. The predicted octanol–water partition coefficient (Wildman–Crippen LogP) is 6.12. The van der Waals surface area contributed by atoms with Gasteiger partial charge >= 0.3 is 0 Å². The summed E-state index contributed by atoms with van der Waals surface area (Å²) in [6, 6.07) is 8.96. The number of aromatic amines is 1. The van der Waals surface area contributed by atoms with E-state index in [1.54, 1.807) is 7.11 Å². The molecule has 5 heterocycles. The van der Waals surface area contributed by atoms with E-state index < -0.39 is 0 Å². The van der Waals surface area contributed by atoms with E-state index in [1.165, 1.54) is 18.5 Å². The second kappa shape index (κ2) is 8.76. The first-order valence-electron chi connectivity index (χ1n) is 14.4. The molecule has 1 aromatic carbocycles. The van der Waals surface area contributed by atoms with Gasteiger partial charge in [0.2, 0.25) is 5.88 Å². The Morgan fingerprint density at radius 3 is 2.51 bits per heavy atom. The Labute approximate surface area is 237 Å². The molecule has 0 spiro atoms. The molecule has 1 N–H and O–H groups in total. The summed E-state index contributed by atoms with van der Waals surface area (Å²) in [6.07, 6.45) is 8.72. The highest BCUT2D eigenvalue weighted by Gasteiger charge is 2.34. The Bertz CT molecular complexity index is 1960. The number of para-hydroxylation sites is 1. The number of hydrogen-bond acceptors (Lipinski definition) is 6. The van der Waals surface area contributed by atoms with Crippen LogP contribution in [0.5, 0.6) is 5.88 Å². The first-order valence-corrected chi connectivity index (χ1v) is 14.4. The maximum atomic E-state index is 5.64. The van der Waals surface area contributed by atoms with Gasteiger partial charge in [0.05, 0.1) is 41.1 Å². The lowest BCUT2D eigenvalue weighted by atomic mass is 10.0. The summed E-state index contributed by atoms with van der Waals surface area (Å²) in [5, 5.41) is 10.2. The van der Waals surface area contributed by atoms with E-state index in [1.807, 2.05) is 22.6 Å². The van der Waals surface area contributed by atoms with Gasteiger partial charge in [-0.05, 0) is 43.7 Å². The smallest absolute Gasteiger partial charge is 0.243 e. The van der Waals surface area contributed by atoms with E-state index in [4.69, 9.17) is 19.7 Å². The first-order chi connectivity index (χ1) is 19.9. The second-order valence-electron chi connectivity index (χ2n) is 11.8. The summed E-state index contributed by atoms with van der Waals surface area (Å²) in [6.45, 7) is 4.36. The predicted molar refractivity (Wildman–Crippen MR) is 158 cm³/mol. The number of aryl methyl sites for hydroxylation is 1. The lowest BCUT2D eigenvalue weighted by molar-refractivity contribution is 0.389. The van der Waals surface area contributed by atoms with Crippen LogP contribution in [0, 0.1) is 0 Å².